The summed E-state index contributed by atoms with van der Waals surface area (Å²) in [4.78, 5) is 20.0. The fourth-order valence-electron chi connectivity index (χ4n) is 3.66. The molecule has 27 heavy (non-hydrogen) atoms. The second-order valence-electron chi connectivity index (χ2n) is 7.20. The number of anilines is 1. The highest BCUT2D eigenvalue weighted by Gasteiger charge is 2.19. The summed E-state index contributed by atoms with van der Waals surface area (Å²) in [7, 11) is 0. The van der Waals surface area contributed by atoms with Gasteiger partial charge < -0.3 is 4.74 Å². The number of nitrogens with one attached hydrogen (secondary N) is 1. The molecule has 2 aliphatic rings. The quantitative estimate of drug-likeness (QED) is 0.687. The number of thiazole rings is 1. The number of carbonyl (C=O) groups is 1. The van der Waals surface area contributed by atoms with Crippen molar-refractivity contribution >= 4 is 34.1 Å². The van der Waals surface area contributed by atoms with Crippen LogP contribution in [-0.4, -0.2) is 29.4 Å². The minimum absolute atomic E-state index is 0.0628. The van der Waals surface area contributed by atoms with Crippen LogP contribution in [0.3, 0.4) is 0 Å². The zero-order valence-corrected chi connectivity index (χ0v) is 17.2. The summed E-state index contributed by atoms with van der Waals surface area (Å²) in [5.74, 6) is 0.836. The number of carbonyl (C=O) groups excluding carboxylic acids is 1. The predicted molar refractivity (Wildman–Crippen MR) is 112 cm³/mol. The second-order valence-corrected chi connectivity index (χ2v) is 9.34. The molecule has 1 aromatic heterocycles. The van der Waals surface area contributed by atoms with Gasteiger partial charge >= 0.3 is 0 Å². The van der Waals surface area contributed by atoms with Gasteiger partial charge in [-0.15, -0.1) is 23.1 Å². The average molecular weight is 403 g/mol. The number of fused-ring (bicyclic) bond motifs is 1. The van der Waals surface area contributed by atoms with Gasteiger partial charge in [-0.2, -0.15) is 0 Å². The fourth-order valence-corrected chi connectivity index (χ4v) is 5.83. The lowest BCUT2D eigenvalue weighted by molar-refractivity contribution is 0.102. The third-order valence-electron chi connectivity index (χ3n) is 5.15. The molecule has 1 aliphatic carbocycles. The monoisotopic (exact) mass is 402 g/mol. The van der Waals surface area contributed by atoms with Gasteiger partial charge in [-0.1, -0.05) is 25.0 Å². The van der Waals surface area contributed by atoms with Crippen LogP contribution in [0, 0.1) is 0 Å². The molecule has 0 saturated carbocycles. The van der Waals surface area contributed by atoms with Crippen molar-refractivity contribution in [3.63, 3.8) is 0 Å². The number of rotatable bonds is 5. The predicted octanol–water partition coefficient (Wildman–Crippen LogP) is 5.33. The van der Waals surface area contributed by atoms with Crippen molar-refractivity contribution in [2.75, 3.05) is 17.7 Å². The highest BCUT2D eigenvalue weighted by molar-refractivity contribution is 7.99. The van der Waals surface area contributed by atoms with E-state index in [4.69, 9.17) is 9.72 Å². The van der Waals surface area contributed by atoms with E-state index in [0.29, 0.717) is 6.10 Å². The molecule has 1 fully saturated rings. The molecule has 0 bridgehead atoms. The first-order valence-electron chi connectivity index (χ1n) is 9.93. The van der Waals surface area contributed by atoms with E-state index in [2.05, 4.69) is 5.32 Å². The normalized spacial score (nSPS) is 19.9. The van der Waals surface area contributed by atoms with Gasteiger partial charge in [-0.3, -0.25) is 10.1 Å². The van der Waals surface area contributed by atoms with E-state index in [1.54, 1.807) is 23.1 Å². The van der Waals surface area contributed by atoms with Crippen molar-refractivity contribution in [3.05, 3.63) is 40.4 Å². The molecule has 0 radical (unpaired) electrons. The van der Waals surface area contributed by atoms with Crippen LogP contribution in [0.5, 0.6) is 0 Å². The summed E-state index contributed by atoms with van der Waals surface area (Å²) >= 11 is 3.36. The Bertz CT molecular complexity index is 759. The van der Waals surface area contributed by atoms with Crippen LogP contribution in [0.2, 0.25) is 0 Å². The Kier molecular flexibility index (Phi) is 6.47. The number of hydrogen-bond donors (Lipinski definition) is 1. The maximum atomic E-state index is 12.9. The molecule has 1 aromatic carbocycles. The average Bonchev–Trinajstić information content (AvgIpc) is 3.30. The van der Waals surface area contributed by atoms with Crippen molar-refractivity contribution in [1.82, 2.24) is 4.98 Å². The molecule has 1 saturated heterocycles. The fraction of sp³-hybridized carbons (Fsp3) is 0.524. The molecule has 1 aliphatic heterocycles. The number of aromatic nitrogens is 1. The van der Waals surface area contributed by atoms with Gasteiger partial charge in [0.15, 0.2) is 5.13 Å². The Morgan fingerprint density at radius 1 is 1.19 bits per heavy atom. The third kappa shape index (κ3) is 4.92. The van der Waals surface area contributed by atoms with E-state index < -0.39 is 0 Å². The first-order valence-corrected chi connectivity index (χ1v) is 11.7. The standard InChI is InChI=1S/C21H26N2O2S2/c24-20(23-21-22-17-10-3-1-2-4-12-19(17)27-21)16-9-5-6-11-18(16)26-14-15-8-7-13-25-15/h5-6,9,11,15H,1-4,7-8,10,12-14H2,(H,22,23,24). The van der Waals surface area contributed by atoms with Gasteiger partial charge in [0.05, 0.1) is 17.4 Å². The van der Waals surface area contributed by atoms with E-state index >= 15 is 0 Å². The summed E-state index contributed by atoms with van der Waals surface area (Å²) in [6.07, 6.45) is 9.71. The molecule has 1 amide bonds. The number of aryl methyl sites for hydroxylation is 2. The second kappa shape index (κ2) is 9.22. The Morgan fingerprint density at radius 2 is 2.04 bits per heavy atom. The minimum Gasteiger partial charge on any atom is -0.377 e. The van der Waals surface area contributed by atoms with Gasteiger partial charge in [0.25, 0.3) is 5.91 Å². The summed E-state index contributed by atoms with van der Waals surface area (Å²) < 4.78 is 5.71. The van der Waals surface area contributed by atoms with E-state index in [0.717, 1.165) is 53.6 Å². The van der Waals surface area contributed by atoms with Crippen LogP contribution < -0.4 is 5.32 Å². The zero-order chi connectivity index (χ0) is 18.5. The summed E-state index contributed by atoms with van der Waals surface area (Å²) in [5, 5.41) is 3.79. The van der Waals surface area contributed by atoms with Crippen molar-refractivity contribution < 1.29 is 9.53 Å². The summed E-state index contributed by atoms with van der Waals surface area (Å²) in [6, 6.07) is 7.84. The number of nitrogens with zero attached hydrogens (tertiary/aromatic N) is 1. The van der Waals surface area contributed by atoms with Crippen molar-refractivity contribution in [2.24, 2.45) is 0 Å². The molecule has 6 heteroatoms. The van der Waals surface area contributed by atoms with E-state index in [1.807, 2.05) is 24.3 Å². The Hall–Kier alpha value is -1.37. The Morgan fingerprint density at radius 3 is 2.89 bits per heavy atom. The van der Waals surface area contributed by atoms with Crippen LogP contribution in [0.15, 0.2) is 29.2 Å². The van der Waals surface area contributed by atoms with Crippen molar-refractivity contribution in [2.45, 2.75) is 62.4 Å². The van der Waals surface area contributed by atoms with Crippen molar-refractivity contribution in [3.8, 4) is 0 Å². The molecule has 1 N–H and O–H groups in total. The van der Waals surface area contributed by atoms with Crippen LogP contribution in [0.1, 0.15) is 59.5 Å². The first-order chi connectivity index (χ1) is 13.3. The van der Waals surface area contributed by atoms with E-state index in [9.17, 15) is 4.79 Å². The first kappa shape index (κ1) is 19.0. The van der Waals surface area contributed by atoms with Crippen LogP contribution >= 0.6 is 23.1 Å². The zero-order valence-electron chi connectivity index (χ0n) is 15.5. The van der Waals surface area contributed by atoms with Crippen LogP contribution in [-0.2, 0) is 17.6 Å². The van der Waals surface area contributed by atoms with Crippen molar-refractivity contribution in [1.29, 1.82) is 0 Å². The minimum atomic E-state index is -0.0628. The highest BCUT2D eigenvalue weighted by atomic mass is 32.2. The van der Waals surface area contributed by atoms with Gasteiger partial charge in [-0.05, 0) is 50.7 Å². The molecule has 4 rings (SSSR count). The van der Waals surface area contributed by atoms with E-state index in [1.165, 1.54) is 36.3 Å². The smallest absolute Gasteiger partial charge is 0.258 e. The van der Waals surface area contributed by atoms with E-state index in [-0.39, 0.29) is 5.91 Å². The molecule has 0 spiro atoms. The topological polar surface area (TPSA) is 51.2 Å². The molecule has 1 atom stereocenters. The molecular formula is C21H26N2O2S2. The summed E-state index contributed by atoms with van der Waals surface area (Å²) in [5.41, 5.74) is 1.92. The lowest BCUT2D eigenvalue weighted by Gasteiger charge is -2.11. The maximum absolute atomic E-state index is 12.9. The Labute approximate surface area is 169 Å². The lowest BCUT2D eigenvalue weighted by atomic mass is 10.0. The summed E-state index contributed by atoms with van der Waals surface area (Å²) in [6.45, 7) is 0.863. The third-order valence-corrected chi connectivity index (χ3v) is 7.42. The van der Waals surface area contributed by atoms with Crippen LogP contribution in [0.25, 0.3) is 0 Å². The molecule has 144 valence electrons. The molecule has 4 nitrogen and oxygen atoms in total. The Balaban J connectivity index is 1.44. The largest absolute Gasteiger partial charge is 0.377 e. The van der Waals surface area contributed by atoms with Gasteiger partial charge in [-0.25, -0.2) is 4.98 Å². The number of benzene rings is 1. The van der Waals surface area contributed by atoms with Crippen LogP contribution in [0.4, 0.5) is 5.13 Å². The maximum Gasteiger partial charge on any atom is 0.258 e. The number of thioether (sulfide) groups is 1. The lowest BCUT2D eigenvalue weighted by Crippen LogP contribution is -2.14. The molecular weight excluding hydrogens is 376 g/mol. The van der Waals surface area contributed by atoms with Gasteiger partial charge in [0, 0.05) is 22.1 Å². The number of ether oxygens (including phenoxy) is 1. The highest BCUT2D eigenvalue weighted by Crippen LogP contribution is 2.30. The SMILES string of the molecule is O=C(Nc1nc2c(s1)CCCCCC2)c1ccccc1SCC1CCCO1. The molecule has 2 aromatic rings. The van der Waals surface area contributed by atoms with Gasteiger partial charge in [0.1, 0.15) is 0 Å². The molecule has 2 heterocycles. The molecule has 1 unspecified atom stereocenters. The number of amides is 1. The number of hydrogen-bond acceptors (Lipinski definition) is 5. The van der Waals surface area contributed by atoms with Gasteiger partial charge in [0.2, 0.25) is 0 Å².